The second kappa shape index (κ2) is 8.31. The van der Waals surface area contributed by atoms with E-state index in [1.54, 1.807) is 6.07 Å². The van der Waals surface area contributed by atoms with Crippen LogP contribution >= 0.6 is 0 Å². The topological polar surface area (TPSA) is 51.4 Å². The van der Waals surface area contributed by atoms with E-state index in [0.29, 0.717) is 18.3 Å². The number of methoxy groups -OCH3 is 1. The number of benzene rings is 2. The summed E-state index contributed by atoms with van der Waals surface area (Å²) in [5.41, 5.74) is 2.93. The predicted molar refractivity (Wildman–Crippen MR) is 102 cm³/mol. The fourth-order valence-corrected chi connectivity index (χ4v) is 2.94. The van der Waals surface area contributed by atoms with Gasteiger partial charge in [0.25, 0.3) is 0 Å². The zero-order valence-corrected chi connectivity index (χ0v) is 16.1. The highest BCUT2D eigenvalue weighted by molar-refractivity contribution is 5.52. The van der Waals surface area contributed by atoms with Crippen molar-refractivity contribution < 1.29 is 13.5 Å². The predicted octanol–water partition coefficient (Wildman–Crippen LogP) is 4.78. The van der Waals surface area contributed by atoms with E-state index in [9.17, 15) is 4.39 Å². The Morgan fingerprint density at radius 2 is 1.89 bits per heavy atom. The molecule has 0 fully saturated rings. The van der Waals surface area contributed by atoms with E-state index in [1.165, 1.54) is 18.7 Å². The smallest absolute Gasteiger partial charge is 0.247 e. The van der Waals surface area contributed by atoms with Gasteiger partial charge in [-0.3, -0.25) is 4.90 Å². The maximum atomic E-state index is 14.0. The summed E-state index contributed by atoms with van der Waals surface area (Å²) in [6.07, 6.45) is 0. The highest BCUT2D eigenvalue weighted by atomic mass is 19.1. The molecule has 1 unspecified atom stereocenters. The van der Waals surface area contributed by atoms with E-state index in [4.69, 9.17) is 9.15 Å². The van der Waals surface area contributed by atoms with Crippen molar-refractivity contribution in [3.63, 3.8) is 0 Å². The first-order valence-corrected chi connectivity index (χ1v) is 8.98. The molecule has 0 amide bonds. The van der Waals surface area contributed by atoms with Crippen LogP contribution in [0.4, 0.5) is 4.39 Å². The number of nitrogens with zero attached hydrogens (tertiary/aromatic N) is 3. The second-order valence-corrected chi connectivity index (χ2v) is 6.52. The first-order chi connectivity index (χ1) is 13.0. The molecule has 2 aromatic carbocycles. The van der Waals surface area contributed by atoms with Gasteiger partial charge in [-0.05, 0) is 50.2 Å². The molecule has 27 heavy (non-hydrogen) atoms. The molecule has 5 nitrogen and oxygen atoms in total. The molecule has 142 valence electrons. The lowest BCUT2D eigenvalue weighted by atomic mass is 10.1. The molecule has 1 heterocycles. The number of aryl methyl sites for hydroxylation is 1. The molecular weight excluding hydrogens is 345 g/mol. The van der Waals surface area contributed by atoms with Gasteiger partial charge in [0.15, 0.2) is 11.6 Å². The third-order valence-electron chi connectivity index (χ3n) is 4.65. The van der Waals surface area contributed by atoms with Gasteiger partial charge in [-0.15, -0.1) is 10.2 Å². The molecule has 0 N–H and O–H groups in total. The van der Waals surface area contributed by atoms with Crippen LogP contribution in [0, 0.1) is 12.7 Å². The highest BCUT2D eigenvalue weighted by Gasteiger charge is 2.21. The fourth-order valence-electron chi connectivity index (χ4n) is 2.94. The minimum Gasteiger partial charge on any atom is -0.494 e. The van der Waals surface area contributed by atoms with Crippen molar-refractivity contribution in [2.24, 2.45) is 0 Å². The van der Waals surface area contributed by atoms with Gasteiger partial charge in [-0.25, -0.2) is 4.39 Å². The first-order valence-electron chi connectivity index (χ1n) is 8.98. The Balaban J connectivity index is 1.76. The Morgan fingerprint density at radius 1 is 1.15 bits per heavy atom. The summed E-state index contributed by atoms with van der Waals surface area (Å²) in [5, 5.41) is 8.40. The molecular formula is C21H24FN3O2. The SMILES string of the molecule is CCN(Cc1ccc(OC)c(F)c1)C(C)c1nnc(-c2ccc(C)cc2)o1. The van der Waals surface area contributed by atoms with Crippen LogP contribution in [0.1, 0.15) is 36.9 Å². The van der Waals surface area contributed by atoms with Crippen molar-refractivity contribution in [3.05, 3.63) is 65.3 Å². The molecule has 1 atom stereocenters. The van der Waals surface area contributed by atoms with Crippen LogP contribution in [0.25, 0.3) is 11.5 Å². The lowest BCUT2D eigenvalue weighted by Crippen LogP contribution is -2.26. The number of halogens is 1. The summed E-state index contributed by atoms with van der Waals surface area (Å²) >= 11 is 0. The standard InChI is InChI=1S/C21H24FN3O2/c1-5-25(13-16-8-11-19(26-4)18(22)12-16)15(3)20-23-24-21(27-20)17-9-6-14(2)7-10-17/h6-12,15H,5,13H2,1-4H3. The maximum Gasteiger partial charge on any atom is 0.247 e. The van der Waals surface area contributed by atoms with E-state index < -0.39 is 0 Å². The van der Waals surface area contributed by atoms with Gasteiger partial charge in [0, 0.05) is 12.1 Å². The van der Waals surface area contributed by atoms with Crippen LogP contribution in [-0.4, -0.2) is 28.8 Å². The average molecular weight is 369 g/mol. The fraction of sp³-hybridized carbons (Fsp3) is 0.333. The lowest BCUT2D eigenvalue weighted by molar-refractivity contribution is 0.184. The van der Waals surface area contributed by atoms with Gasteiger partial charge in [-0.2, -0.15) is 0 Å². The van der Waals surface area contributed by atoms with E-state index in [2.05, 4.69) is 15.1 Å². The Kier molecular flexibility index (Phi) is 5.86. The van der Waals surface area contributed by atoms with Gasteiger partial charge < -0.3 is 9.15 Å². The van der Waals surface area contributed by atoms with Gasteiger partial charge in [0.2, 0.25) is 11.8 Å². The molecule has 0 saturated heterocycles. The molecule has 3 rings (SSSR count). The second-order valence-electron chi connectivity index (χ2n) is 6.52. The number of rotatable bonds is 7. The molecule has 0 bridgehead atoms. The van der Waals surface area contributed by atoms with Gasteiger partial charge in [0.05, 0.1) is 13.2 Å². The minimum atomic E-state index is -0.363. The van der Waals surface area contributed by atoms with Crippen LogP contribution in [-0.2, 0) is 6.54 Å². The van der Waals surface area contributed by atoms with Crippen molar-refractivity contribution in [2.45, 2.75) is 33.4 Å². The zero-order valence-electron chi connectivity index (χ0n) is 16.1. The van der Waals surface area contributed by atoms with Crippen LogP contribution in [0.5, 0.6) is 5.75 Å². The number of hydrogen-bond acceptors (Lipinski definition) is 5. The highest BCUT2D eigenvalue weighted by Crippen LogP contribution is 2.26. The third kappa shape index (κ3) is 4.34. The summed E-state index contributed by atoms with van der Waals surface area (Å²) in [5.74, 6) is 0.928. The van der Waals surface area contributed by atoms with Crippen LogP contribution in [0.3, 0.4) is 0 Å². The zero-order chi connectivity index (χ0) is 19.4. The number of aromatic nitrogens is 2. The molecule has 0 saturated carbocycles. The maximum absolute atomic E-state index is 14.0. The van der Waals surface area contributed by atoms with Gasteiger partial charge >= 0.3 is 0 Å². The third-order valence-corrected chi connectivity index (χ3v) is 4.65. The lowest BCUT2D eigenvalue weighted by Gasteiger charge is -2.25. The molecule has 1 aromatic heterocycles. The summed E-state index contributed by atoms with van der Waals surface area (Å²) in [7, 11) is 1.46. The summed E-state index contributed by atoms with van der Waals surface area (Å²) in [6, 6.07) is 12.9. The Labute approximate surface area is 158 Å². The molecule has 3 aromatic rings. The number of ether oxygens (including phenoxy) is 1. The largest absolute Gasteiger partial charge is 0.494 e. The monoisotopic (exact) mass is 369 g/mol. The molecule has 6 heteroatoms. The van der Waals surface area contributed by atoms with E-state index in [1.807, 2.05) is 51.1 Å². The van der Waals surface area contributed by atoms with Crippen molar-refractivity contribution in [2.75, 3.05) is 13.7 Å². The van der Waals surface area contributed by atoms with Crippen molar-refractivity contribution in [1.82, 2.24) is 15.1 Å². The molecule has 0 spiro atoms. The van der Waals surface area contributed by atoms with Gasteiger partial charge in [0.1, 0.15) is 0 Å². The minimum absolute atomic E-state index is 0.0909. The molecule has 0 aliphatic rings. The normalized spacial score (nSPS) is 12.4. The van der Waals surface area contributed by atoms with Crippen molar-refractivity contribution in [1.29, 1.82) is 0 Å². The Hall–Kier alpha value is -2.73. The first kappa shape index (κ1) is 19.0. The van der Waals surface area contributed by atoms with Crippen molar-refractivity contribution in [3.8, 4) is 17.2 Å². The van der Waals surface area contributed by atoms with Crippen LogP contribution in [0.2, 0.25) is 0 Å². The van der Waals surface area contributed by atoms with Crippen LogP contribution < -0.4 is 4.74 Å². The molecule has 0 radical (unpaired) electrons. The number of hydrogen-bond donors (Lipinski definition) is 0. The van der Waals surface area contributed by atoms with Crippen LogP contribution in [0.15, 0.2) is 46.9 Å². The Bertz CT molecular complexity index is 893. The molecule has 0 aliphatic carbocycles. The van der Waals surface area contributed by atoms with Gasteiger partial charge in [-0.1, -0.05) is 30.7 Å². The summed E-state index contributed by atoms with van der Waals surface area (Å²) in [6.45, 7) is 7.42. The van der Waals surface area contributed by atoms with Crippen molar-refractivity contribution >= 4 is 0 Å². The van der Waals surface area contributed by atoms with E-state index >= 15 is 0 Å². The molecule has 0 aliphatic heterocycles. The van der Waals surface area contributed by atoms with E-state index in [0.717, 1.165) is 17.7 Å². The Morgan fingerprint density at radius 3 is 2.52 bits per heavy atom. The summed E-state index contributed by atoms with van der Waals surface area (Å²) in [4.78, 5) is 2.15. The van der Waals surface area contributed by atoms with E-state index in [-0.39, 0.29) is 17.6 Å². The summed E-state index contributed by atoms with van der Waals surface area (Å²) < 4.78 is 24.8. The quantitative estimate of drug-likeness (QED) is 0.600. The average Bonchev–Trinajstić information content (AvgIpc) is 3.16.